The van der Waals surface area contributed by atoms with Gasteiger partial charge in [-0.3, -0.25) is 4.79 Å². The van der Waals surface area contributed by atoms with E-state index in [2.05, 4.69) is 0 Å². The van der Waals surface area contributed by atoms with Gasteiger partial charge in [-0.2, -0.15) is 0 Å². The highest BCUT2D eigenvalue weighted by molar-refractivity contribution is 6.30. The molecule has 2 rings (SSSR count). The van der Waals surface area contributed by atoms with Crippen LogP contribution in [0.1, 0.15) is 37.2 Å². The van der Waals surface area contributed by atoms with Crippen molar-refractivity contribution in [1.82, 2.24) is 0 Å². The Morgan fingerprint density at radius 1 is 1.38 bits per heavy atom. The van der Waals surface area contributed by atoms with Gasteiger partial charge in [-0.25, -0.2) is 0 Å². The molecule has 0 amide bonds. The van der Waals surface area contributed by atoms with Crippen LogP contribution in [0.4, 0.5) is 0 Å². The van der Waals surface area contributed by atoms with Crippen LogP contribution in [0.15, 0.2) is 24.3 Å². The Balaban J connectivity index is 2.04. The number of hydrogen-bond acceptors (Lipinski definition) is 1. The van der Waals surface area contributed by atoms with Crippen molar-refractivity contribution in [3.63, 3.8) is 0 Å². The Morgan fingerprint density at radius 2 is 2.00 bits per heavy atom. The molecular weight excluding hydrogens is 224 g/mol. The lowest BCUT2D eigenvalue weighted by molar-refractivity contribution is -0.139. The third kappa shape index (κ3) is 2.99. The lowest BCUT2D eigenvalue weighted by atomic mass is 9.93. The van der Waals surface area contributed by atoms with Crippen LogP contribution in [0.2, 0.25) is 5.02 Å². The first-order valence-electron chi connectivity index (χ1n) is 5.65. The third-order valence-corrected chi connectivity index (χ3v) is 3.38. The van der Waals surface area contributed by atoms with Gasteiger partial charge in [0.05, 0.1) is 5.92 Å². The van der Waals surface area contributed by atoms with Crippen LogP contribution in [0, 0.1) is 5.92 Å². The predicted octanol–water partition coefficient (Wildman–Crippen LogP) is 3.70. The van der Waals surface area contributed by atoms with Crippen molar-refractivity contribution in [3.05, 3.63) is 34.9 Å². The summed E-state index contributed by atoms with van der Waals surface area (Å²) in [6, 6.07) is 7.13. The quantitative estimate of drug-likeness (QED) is 0.849. The van der Waals surface area contributed by atoms with Crippen LogP contribution < -0.4 is 0 Å². The lowest BCUT2D eigenvalue weighted by Gasteiger charge is -2.12. The lowest BCUT2D eigenvalue weighted by Crippen LogP contribution is -2.11. The van der Waals surface area contributed by atoms with Gasteiger partial charge in [0.15, 0.2) is 0 Å². The van der Waals surface area contributed by atoms with Gasteiger partial charge in [0.25, 0.3) is 0 Å². The number of hydrogen-bond donors (Lipinski definition) is 1. The van der Waals surface area contributed by atoms with Gasteiger partial charge in [0.2, 0.25) is 0 Å². The SMILES string of the molecule is O=C(O)C(CCC1CC1)c1ccc(Cl)cc1. The normalized spacial score (nSPS) is 17.1. The highest BCUT2D eigenvalue weighted by atomic mass is 35.5. The van der Waals surface area contributed by atoms with Crippen LogP contribution in [0.3, 0.4) is 0 Å². The maximum Gasteiger partial charge on any atom is 0.310 e. The molecule has 1 unspecified atom stereocenters. The summed E-state index contributed by atoms with van der Waals surface area (Å²) >= 11 is 5.79. The van der Waals surface area contributed by atoms with E-state index >= 15 is 0 Å². The van der Waals surface area contributed by atoms with Gasteiger partial charge in [0.1, 0.15) is 0 Å². The summed E-state index contributed by atoms with van der Waals surface area (Å²) in [6.07, 6.45) is 4.31. The van der Waals surface area contributed by atoms with Gasteiger partial charge in [-0.15, -0.1) is 0 Å². The zero-order valence-corrected chi connectivity index (χ0v) is 9.78. The van der Waals surface area contributed by atoms with E-state index < -0.39 is 5.97 Å². The van der Waals surface area contributed by atoms with Gasteiger partial charge in [-0.1, -0.05) is 36.6 Å². The summed E-state index contributed by atoms with van der Waals surface area (Å²) in [6.45, 7) is 0. The van der Waals surface area contributed by atoms with E-state index in [9.17, 15) is 9.90 Å². The number of halogens is 1. The molecule has 1 fully saturated rings. The van der Waals surface area contributed by atoms with Crippen LogP contribution in [-0.4, -0.2) is 11.1 Å². The largest absolute Gasteiger partial charge is 0.481 e. The smallest absolute Gasteiger partial charge is 0.310 e. The molecule has 1 aliphatic rings. The maximum absolute atomic E-state index is 11.2. The molecule has 0 heterocycles. The molecule has 0 saturated heterocycles. The number of carboxylic acid groups (broad SMARTS) is 1. The van der Waals surface area contributed by atoms with Crippen molar-refractivity contribution in [2.24, 2.45) is 5.92 Å². The highest BCUT2D eigenvalue weighted by Gasteiger charge is 2.26. The Bertz CT molecular complexity index is 368. The first-order chi connectivity index (χ1) is 7.66. The van der Waals surface area contributed by atoms with E-state index in [1.54, 1.807) is 12.1 Å². The molecule has 1 aromatic rings. The van der Waals surface area contributed by atoms with Crippen molar-refractivity contribution in [2.45, 2.75) is 31.6 Å². The van der Waals surface area contributed by atoms with Crippen LogP contribution in [-0.2, 0) is 4.79 Å². The fourth-order valence-corrected chi connectivity index (χ4v) is 2.06. The number of aliphatic carboxylic acids is 1. The molecule has 1 saturated carbocycles. The third-order valence-electron chi connectivity index (χ3n) is 3.13. The molecule has 0 aromatic heterocycles. The monoisotopic (exact) mass is 238 g/mol. The minimum Gasteiger partial charge on any atom is -0.481 e. The Hall–Kier alpha value is -1.02. The van der Waals surface area contributed by atoms with E-state index in [0.29, 0.717) is 5.02 Å². The molecule has 0 bridgehead atoms. The molecular formula is C13H15ClO2. The van der Waals surface area contributed by atoms with Crippen molar-refractivity contribution in [3.8, 4) is 0 Å². The molecule has 0 radical (unpaired) electrons. The molecule has 3 heteroatoms. The predicted molar refractivity (Wildman–Crippen MR) is 63.8 cm³/mol. The summed E-state index contributed by atoms with van der Waals surface area (Å²) in [5.74, 6) is -0.338. The Kier molecular flexibility index (Phi) is 3.49. The van der Waals surface area contributed by atoms with E-state index in [1.165, 1.54) is 12.8 Å². The van der Waals surface area contributed by atoms with Crippen LogP contribution in [0.5, 0.6) is 0 Å². The Labute approximate surface area is 100 Å². The topological polar surface area (TPSA) is 37.3 Å². The van der Waals surface area contributed by atoms with Crippen molar-refractivity contribution in [2.75, 3.05) is 0 Å². The van der Waals surface area contributed by atoms with Crippen molar-refractivity contribution in [1.29, 1.82) is 0 Å². The van der Waals surface area contributed by atoms with Crippen molar-refractivity contribution >= 4 is 17.6 Å². The summed E-state index contributed by atoms with van der Waals surface area (Å²) in [5.41, 5.74) is 0.859. The summed E-state index contributed by atoms with van der Waals surface area (Å²) < 4.78 is 0. The van der Waals surface area contributed by atoms with E-state index in [-0.39, 0.29) is 5.92 Å². The van der Waals surface area contributed by atoms with Gasteiger partial charge in [0, 0.05) is 5.02 Å². The molecule has 86 valence electrons. The molecule has 0 aliphatic heterocycles. The molecule has 16 heavy (non-hydrogen) atoms. The average Bonchev–Trinajstić information content (AvgIpc) is 3.04. The number of carbonyl (C=O) groups is 1. The summed E-state index contributed by atoms with van der Waals surface area (Å²) in [7, 11) is 0. The highest BCUT2D eigenvalue weighted by Crippen LogP contribution is 2.36. The zero-order valence-electron chi connectivity index (χ0n) is 9.03. The standard InChI is InChI=1S/C13H15ClO2/c14-11-6-4-10(5-7-11)12(13(15)16)8-3-9-1-2-9/h4-7,9,12H,1-3,8H2,(H,15,16). The maximum atomic E-state index is 11.2. The molecule has 1 aromatic carbocycles. The number of carboxylic acids is 1. The molecule has 1 aliphatic carbocycles. The average molecular weight is 239 g/mol. The second-order valence-corrected chi connectivity index (χ2v) is 4.90. The number of benzene rings is 1. The van der Waals surface area contributed by atoms with Gasteiger partial charge < -0.3 is 5.11 Å². The minimum absolute atomic E-state index is 0.377. The van der Waals surface area contributed by atoms with Crippen molar-refractivity contribution < 1.29 is 9.90 Å². The van der Waals surface area contributed by atoms with E-state index in [4.69, 9.17) is 11.6 Å². The molecule has 0 spiro atoms. The second kappa shape index (κ2) is 4.88. The molecule has 1 atom stereocenters. The van der Waals surface area contributed by atoms with Gasteiger partial charge >= 0.3 is 5.97 Å². The zero-order chi connectivity index (χ0) is 11.5. The number of rotatable bonds is 5. The second-order valence-electron chi connectivity index (χ2n) is 4.46. The molecule has 1 N–H and O–H groups in total. The minimum atomic E-state index is -0.733. The first-order valence-corrected chi connectivity index (χ1v) is 6.03. The van der Waals surface area contributed by atoms with E-state index in [0.717, 1.165) is 24.3 Å². The van der Waals surface area contributed by atoms with Crippen LogP contribution >= 0.6 is 11.6 Å². The summed E-state index contributed by atoms with van der Waals surface area (Å²) in [4.78, 5) is 11.2. The molecule has 2 nitrogen and oxygen atoms in total. The Morgan fingerprint density at radius 3 is 2.50 bits per heavy atom. The van der Waals surface area contributed by atoms with Crippen LogP contribution in [0.25, 0.3) is 0 Å². The van der Waals surface area contributed by atoms with E-state index in [1.807, 2.05) is 12.1 Å². The fourth-order valence-electron chi connectivity index (χ4n) is 1.94. The first kappa shape index (κ1) is 11.5. The summed E-state index contributed by atoms with van der Waals surface area (Å²) in [5, 5.41) is 9.84. The fraction of sp³-hybridized carbons (Fsp3) is 0.462. The van der Waals surface area contributed by atoms with Gasteiger partial charge in [-0.05, 0) is 36.5 Å².